The largest absolute Gasteiger partial charge is 0.347 e. The second-order valence-corrected chi connectivity index (χ2v) is 6.71. The van der Waals surface area contributed by atoms with Crippen molar-refractivity contribution >= 4 is 5.91 Å². The number of benzene rings is 1. The first-order valence-electron chi connectivity index (χ1n) is 8.84. The molecule has 1 aliphatic rings. The molecular formula is C20H21N5O. The van der Waals surface area contributed by atoms with E-state index in [0.29, 0.717) is 12.1 Å². The van der Waals surface area contributed by atoms with E-state index in [0.717, 1.165) is 41.4 Å². The third-order valence-electron chi connectivity index (χ3n) is 4.78. The lowest BCUT2D eigenvalue weighted by Gasteiger charge is -2.25. The van der Waals surface area contributed by atoms with Gasteiger partial charge in [0, 0.05) is 30.3 Å². The highest BCUT2D eigenvalue weighted by Crippen LogP contribution is 2.23. The molecule has 0 fully saturated rings. The Labute approximate surface area is 152 Å². The van der Waals surface area contributed by atoms with Gasteiger partial charge in [0.2, 0.25) is 0 Å². The number of aryl methyl sites for hydroxylation is 3. The molecule has 3 heterocycles. The Morgan fingerprint density at radius 3 is 2.69 bits per heavy atom. The number of carbonyl (C=O) groups excluding carboxylic acids is 1. The second-order valence-electron chi connectivity index (χ2n) is 6.71. The predicted octanol–water partition coefficient (Wildman–Crippen LogP) is 2.70. The van der Waals surface area contributed by atoms with E-state index in [1.54, 1.807) is 0 Å². The van der Waals surface area contributed by atoms with Crippen LogP contribution in [0.2, 0.25) is 0 Å². The van der Waals surface area contributed by atoms with E-state index in [2.05, 4.69) is 25.1 Å². The fourth-order valence-corrected chi connectivity index (χ4v) is 3.44. The molecule has 0 aliphatic carbocycles. The highest BCUT2D eigenvalue weighted by molar-refractivity contribution is 5.95. The summed E-state index contributed by atoms with van der Waals surface area (Å²) >= 11 is 0. The first-order chi connectivity index (χ1) is 12.6. The Morgan fingerprint density at radius 1 is 1.12 bits per heavy atom. The molecule has 4 rings (SSSR count). The smallest absolute Gasteiger partial charge is 0.253 e. The quantitative estimate of drug-likeness (QED) is 0.791. The lowest BCUT2D eigenvalue weighted by Crippen LogP contribution is -2.41. The van der Waals surface area contributed by atoms with Gasteiger partial charge in [-0.1, -0.05) is 30.3 Å². The van der Waals surface area contributed by atoms with Crippen molar-refractivity contribution in [1.29, 1.82) is 0 Å². The van der Waals surface area contributed by atoms with Crippen LogP contribution in [-0.2, 0) is 13.0 Å². The Balaban J connectivity index is 1.53. The van der Waals surface area contributed by atoms with Crippen LogP contribution in [0.4, 0.5) is 0 Å². The summed E-state index contributed by atoms with van der Waals surface area (Å²) in [6, 6.07) is 13.8. The molecule has 0 saturated heterocycles. The van der Waals surface area contributed by atoms with Gasteiger partial charge in [-0.2, -0.15) is 0 Å². The molecule has 0 bridgehead atoms. The number of nitrogens with one attached hydrogen (secondary N) is 1. The van der Waals surface area contributed by atoms with Gasteiger partial charge < -0.3 is 9.88 Å². The summed E-state index contributed by atoms with van der Waals surface area (Å²) < 4.78 is 2.12. The first kappa shape index (κ1) is 16.4. The minimum atomic E-state index is -0.0715. The molecule has 0 spiro atoms. The molecule has 0 saturated carbocycles. The lowest BCUT2D eigenvalue weighted by molar-refractivity contribution is 0.0926. The molecule has 1 aromatic carbocycles. The maximum atomic E-state index is 12.7. The van der Waals surface area contributed by atoms with Crippen LogP contribution in [0.15, 0.2) is 42.5 Å². The van der Waals surface area contributed by atoms with Crippen LogP contribution >= 0.6 is 0 Å². The number of hydrogen-bond acceptors (Lipinski definition) is 4. The standard InChI is InChI=1S/C20H21N5O/c1-13-8-10-17(14(2)21-13)20(26)22-16-9-11-18-23-24-19(25(18)12-16)15-6-4-3-5-7-15/h3-8,10,16H,9,11-12H2,1-2H3,(H,22,26). The number of amides is 1. The monoisotopic (exact) mass is 347 g/mol. The number of rotatable bonds is 3. The summed E-state index contributed by atoms with van der Waals surface area (Å²) in [5.74, 6) is 1.76. The summed E-state index contributed by atoms with van der Waals surface area (Å²) in [5.41, 5.74) is 3.34. The highest BCUT2D eigenvalue weighted by atomic mass is 16.1. The predicted molar refractivity (Wildman–Crippen MR) is 98.7 cm³/mol. The fraction of sp³-hybridized carbons (Fsp3) is 0.300. The minimum Gasteiger partial charge on any atom is -0.347 e. The van der Waals surface area contributed by atoms with Crippen LogP contribution in [0.1, 0.15) is 34.0 Å². The zero-order valence-electron chi connectivity index (χ0n) is 14.9. The molecular weight excluding hydrogens is 326 g/mol. The van der Waals surface area contributed by atoms with Gasteiger partial charge in [-0.3, -0.25) is 9.78 Å². The molecule has 2 aromatic heterocycles. The van der Waals surface area contributed by atoms with E-state index in [1.807, 2.05) is 56.3 Å². The molecule has 1 unspecified atom stereocenters. The summed E-state index contributed by atoms with van der Waals surface area (Å²) in [6.45, 7) is 4.47. The Morgan fingerprint density at radius 2 is 1.92 bits per heavy atom. The van der Waals surface area contributed by atoms with E-state index < -0.39 is 0 Å². The van der Waals surface area contributed by atoms with Crippen LogP contribution < -0.4 is 5.32 Å². The van der Waals surface area contributed by atoms with Gasteiger partial charge in [0.05, 0.1) is 11.3 Å². The third kappa shape index (κ3) is 3.10. The number of hydrogen-bond donors (Lipinski definition) is 1. The van der Waals surface area contributed by atoms with Gasteiger partial charge in [-0.05, 0) is 32.4 Å². The number of pyridine rings is 1. The van der Waals surface area contributed by atoms with Crippen molar-refractivity contribution in [3.63, 3.8) is 0 Å². The fourth-order valence-electron chi connectivity index (χ4n) is 3.44. The molecule has 132 valence electrons. The molecule has 1 aliphatic heterocycles. The van der Waals surface area contributed by atoms with Crippen molar-refractivity contribution in [2.24, 2.45) is 0 Å². The Bertz CT molecular complexity index is 948. The van der Waals surface area contributed by atoms with Gasteiger partial charge in [0.25, 0.3) is 5.91 Å². The topological polar surface area (TPSA) is 72.7 Å². The molecule has 0 radical (unpaired) electrons. The van der Waals surface area contributed by atoms with Crippen molar-refractivity contribution in [2.75, 3.05) is 0 Å². The molecule has 1 N–H and O–H groups in total. The van der Waals surface area contributed by atoms with Crippen molar-refractivity contribution in [3.8, 4) is 11.4 Å². The molecule has 26 heavy (non-hydrogen) atoms. The Kier molecular flexibility index (Phi) is 4.24. The number of carbonyl (C=O) groups is 1. The van der Waals surface area contributed by atoms with Crippen molar-refractivity contribution in [1.82, 2.24) is 25.1 Å². The van der Waals surface area contributed by atoms with Crippen LogP contribution in [0.3, 0.4) is 0 Å². The number of nitrogens with zero attached hydrogens (tertiary/aromatic N) is 4. The minimum absolute atomic E-state index is 0.0502. The van der Waals surface area contributed by atoms with E-state index >= 15 is 0 Å². The normalized spacial score (nSPS) is 16.2. The van der Waals surface area contributed by atoms with Gasteiger partial charge in [-0.15, -0.1) is 10.2 Å². The van der Waals surface area contributed by atoms with Crippen LogP contribution in [-0.4, -0.2) is 31.7 Å². The average molecular weight is 347 g/mol. The lowest BCUT2D eigenvalue weighted by atomic mass is 10.1. The highest BCUT2D eigenvalue weighted by Gasteiger charge is 2.25. The molecule has 1 atom stereocenters. The zero-order chi connectivity index (χ0) is 18.1. The maximum absolute atomic E-state index is 12.7. The second kappa shape index (κ2) is 6.71. The molecule has 3 aromatic rings. The third-order valence-corrected chi connectivity index (χ3v) is 4.78. The Hall–Kier alpha value is -3.02. The van der Waals surface area contributed by atoms with Crippen molar-refractivity contribution in [2.45, 2.75) is 39.3 Å². The van der Waals surface area contributed by atoms with Crippen molar-refractivity contribution < 1.29 is 4.79 Å². The van der Waals surface area contributed by atoms with Gasteiger partial charge in [0.15, 0.2) is 5.82 Å². The zero-order valence-corrected chi connectivity index (χ0v) is 14.9. The van der Waals surface area contributed by atoms with E-state index in [1.165, 1.54) is 0 Å². The van der Waals surface area contributed by atoms with Crippen LogP contribution in [0.5, 0.6) is 0 Å². The molecule has 6 heteroatoms. The summed E-state index contributed by atoms with van der Waals surface area (Å²) in [6.07, 6.45) is 1.66. The first-order valence-corrected chi connectivity index (χ1v) is 8.84. The van der Waals surface area contributed by atoms with Gasteiger partial charge in [0.1, 0.15) is 5.82 Å². The van der Waals surface area contributed by atoms with E-state index in [-0.39, 0.29) is 11.9 Å². The van der Waals surface area contributed by atoms with Gasteiger partial charge in [-0.25, -0.2) is 0 Å². The van der Waals surface area contributed by atoms with Gasteiger partial charge >= 0.3 is 0 Å². The van der Waals surface area contributed by atoms with Crippen molar-refractivity contribution in [3.05, 3.63) is 65.2 Å². The SMILES string of the molecule is Cc1ccc(C(=O)NC2CCc3nnc(-c4ccccc4)n3C2)c(C)n1. The molecule has 6 nitrogen and oxygen atoms in total. The van der Waals surface area contributed by atoms with E-state index in [4.69, 9.17) is 0 Å². The summed E-state index contributed by atoms with van der Waals surface area (Å²) in [7, 11) is 0. The average Bonchev–Trinajstić information content (AvgIpc) is 3.05. The maximum Gasteiger partial charge on any atom is 0.253 e. The summed E-state index contributed by atoms with van der Waals surface area (Å²) in [4.78, 5) is 17.0. The number of aromatic nitrogens is 4. The van der Waals surface area contributed by atoms with Crippen LogP contribution in [0, 0.1) is 13.8 Å². The molecule has 1 amide bonds. The van der Waals surface area contributed by atoms with E-state index in [9.17, 15) is 4.79 Å². The number of fused-ring (bicyclic) bond motifs is 1. The summed E-state index contributed by atoms with van der Waals surface area (Å²) in [5, 5.41) is 11.8. The van der Waals surface area contributed by atoms with Crippen LogP contribution in [0.25, 0.3) is 11.4 Å².